The van der Waals surface area contributed by atoms with E-state index in [-0.39, 0.29) is 11.9 Å². The molecule has 1 heterocycles. The fourth-order valence-electron chi connectivity index (χ4n) is 0.824. The molecule has 0 fully saturated rings. The lowest BCUT2D eigenvalue weighted by atomic mass is 10.3. The molecule has 2 nitrogen and oxygen atoms in total. The molecule has 0 aliphatic heterocycles. The summed E-state index contributed by atoms with van der Waals surface area (Å²) in [5.74, 6) is 0.865. The van der Waals surface area contributed by atoms with Crippen LogP contribution in [0, 0.1) is 0 Å². The topological polar surface area (TPSA) is 33.1 Å². The maximum atomic E-state index is 8.81. The number of halogens is 1. The van der Waals surface area contributed by atoms with Crippen LogP contribution in [0.5, 0.6) is 0 Å². The maximum Gasteiger partial charge on any atom is 0.129 e. The van der Waals surface area contributed by atoms with Crippen LogP contribution in [0.4, 0.5) is 0 Å². The molecule has 1 aromatic heterocycles. The van der Waals surface area contributed by atoms with Gasteiger partial charge in [0.2, 0.25) is 0 Å². The van der Waals surface area contributed by atoms with E-state index in [0.29, 0.717) is 5.15 Å². The van der Waals surface area contributed by atoms with Crippen molar-refractivity contribution in [2.45, 2.75) is 17.9 Å². The van der Waals surface area contributed by atoms with Crippen molar-refractivity contribution >= 4 is 23.4 Å². The van der Waals surface area contributed by atoms with E-state index in [9.17, 15) is 0 Å². The van der Waals surface area contributed by atoms with Crippen LogP contribution < -0.4 is 0 Å². The van der Waals surface area contributed by atoms with E-state index in [0.717, 1.165) is 11.3 Å². The molecular formula is C9H12ClNOS. The van der Waals surface area contributed by atoms with Gasteiger partial charge in [-0.25, -0.2) is 4.98 Å². The van der Waals surface area contributed by atoms with Crippen molar-refractivity contribution in [1.29, 1.82) is 0 Å². The highest BCUT2D eigenvalue weighted by Gasteiger charge is 2.01. The smallest absolute Gasteiger partial charge is 0.129 e. The van der Waals surface area contributed by atoms with Gasteiger partial charge < -0.3 is 5.11 Å². The minimum absolute atomic E-state index is 0.212. The van der Waals surface area contributed by atoms with Crippen molar-refractivity contribution in [3.63, 3.8) is 0 Å². The van der Waals surface area contributed by atoms with Crippen LogP contribution in [-0.2, 0) is 5.75 Å². The summed E-state index contributed by atoms with van der Waals surface area (Å²) in [5, 5.41) is 9.60. The van der Waals surface area contributed by atoms with Crippen molar-refractivity contribution in [3.8, 4) is 0 Å². The molecule has 0 amide bonds. The Balaban J connectivity index is 2.45. The van der Waals surface area contributed by atoms with Crippen LogP contribution in [0.1, 0.15) is 12.5 Å². The summed E-state index contributed by atoms with van der Waals surface area (Å²) in [7, 11) is 0. The van der Waals surface area contributed by atoms with E-state index >= 15 is 0 Å². The summed E-state index contributed by atoms with van der Waals surface area (Å²) in [4.78, 5) is 3.89. The molecule has 0 aromatic carbocycles. The molecule has 1 aromatic rings. The number of thioether (sulfide) groups is 1. The van der Waals surface area contributed by atoms with Gasteiger partial charge in [-0.3, -0.25) is 0 Å². The largest absolute Gasteiger partial charge is 0.395 e. The molecule has 0 saturated carbocycles. The Morgan fingerprint density at radius 1 is 1.69 bits per heavy atom. The number of hydrogen-bond donors (Lipinski definition) is 1. The summed E-state index contributed by atoms with van der Waals surface area (Å²) in [6, 6.07) is 3.78. The molecule has 0 unspecified atom stereocenters. The highest BCUT2D eigenvalue weighted by molar-refractivity contribution is 7.99. The summed E-state index contributed by atoms with van der Waals surface area (Å²) in [6.45, 7) is 2.21. The highest BCUT2D eigenvalue weighted by Crippen LogP contribution is 2.18. The molecule has 0 radical (unpaired) electrons. The normalized spacial score (nSPS) is 12.8. The van der Waals surface area contributed by atoms with Gasteiger partial charge in [-0.15, -0.1) is 0 Å². The molecule has 0 aliphatic carbocycles. The van der Waals surface area contributed by atoms with E-state index in [1.807, 2.05) is 19.1 Å². The quantitative estimate of drug-likeness (QED) is 0.787. The summed E-state index contributed by atoms with van der Waals surface area (Å²) in [5.41, 5.74) is 1.14. The Bertz CT molecular complexity index is 270. The zero-order chi connectivity index (χ0) is 9.68. The van der Waals surface area contributed by atoms with Crippen LogP contribution in [0.25, 0.3) is 0 Å². The predicted molar refractivity (Wildman–Crippen MR) is 57.1 cm³/mol. The van der Waals surface area contributed by atoms with Gasteiger partial charge in [-0.05, 0) is 17.7 Å². The lowest BCUT2D eigenvalue weighted by Gasteiger charge is -2.06. The van der Waals surface area contributed by atoms with Gasteiger partial charge >= 0.3 is 0 Å². The SMILES string of the molecule is C[C@H](CO)SCc1ccnc(Cl)c1. The molecule has 0 saturated heterocycles. The number of pyridine rings is 1. The number of rotatable bonds is 4. The first kappa shape index (κ1) is 10.8. The molecule has 1 N–H and O–H groups in total. The van der Waals surface area contributed by atoms with E-state index in [2.05, 4.69) is 4.98 Å². The number of nitrogens with zero attached hydrogens (tertiary/aromatic N) is 1. The van der Waals surface area contributed by atoms with Crippen LogP contribution in [0.2, 0.25) is 5.15 Å². The van der Waals surface area contributed by atoms with Gasteiger partial charge in [0.25, 0.3) is 0 Å². The van der Waals surface area contributed by atoms with Crippen molar-refractivity contribution in [3.05, 3.63) is 29.0 Å². The first-order chi connectivity index (χ1) is 6.22. The second-order valence-electron chi connectivity index (χ2n) is 2.79. The van der Waals surface area contributed by atoms with Gasteiger partial charge in [0, 0.05) is 17.2 Å². The monoisotopic (exact) mass is 217 g/mol. The Kier molecular flexibility index (Phi) is 4.56. The third kappa shape index (κ3) is 3.98. The number of aliphatic hydroxyl groups is 1. The van der Waals surface area contributed by atoms with E-state index < -0.39 is 0 Å². The Hall–Kier alpha value is -0.250. The van der Waals surface area contributed by atoms with E-state index in [1.165, 1.54) is 0 Å². The summed E-state index contributed by atoms with van der Waals surface area (Å²) in [6.07, 6.45) is 1.70. The van der Waals surface area contributed by atoms with E-state index in [4.69, 9.17) is 16.7 Å². The number of aliphatic hydroxyl groups excluding tert-OH is 1. The molecule has 13 heavy (non-hydrogen) atoms. The van der Waals surface area contributed by atoms with Gasteiger partial charge in [-0.1, -0.05) is 18.5 Å². The fraction of sp³-hybridized carbons (Fsp3) is 0.444. The van der Waals surface area contributed by atoms with Crippen molar-refractivity contribution in [2.75, 3.05) is 6.61 Å². The first-order valence-corrected chi connectivity index (χ1v) is 5.48. The lowest BCUT2D eigenvalue weighted by Crippen LogP contribution is -2.02. The van der Waals surface area contributed by atoms with Crippen LogP contribution in [0.3, 0.4) is 0 Å². The maximum absolute atomic E-state index is 8.81. The van der Waals surface area contributed by atoms with Crippen LogP contribution in [0.15, 0.2) is 18.3 Å². The first-order valence-electron chi connectivity index (χ1n) is 4.05. The summed E-state index contributed by atoms with van der Waals surface area (Å²) < 4.78 is 0. The average molecular weight is 218 g/mol. The van der Waals surface area contributed by atoms with Gasteiger partial charge in [0.1, 0.15) is 5.15 Å². The zero-order valence-electron chi connectivity index (χ0n) is 7.40. The molecule has 72 valence electrons. The molecule has 1 rings (SSSR count). The second-order valence-corrected chi connectivity index (χ2v) is 4.61. The highest BCUT2D eigenvalue weighted by atomic mass is 35.5. The minimum Gasteiger partial charge on any atom is -0.395 e. The van der Waals surface area contributed by atoms with Crippen molar-refractivity contribution in [1.82, 2.24) is 4.98 Å². The standard InChI is InChI=1S/C9H12ClNOS/c1-7(5-12)13-6-8-2-3-11-9(10)4-8/h2-4,7,12H,5-6H2,1H3/t7-/m1/s1. The number of aromatic nitrogens is 1. The molecule has 1 atom stereocenters. The second kappa shape index (κ2) is 5.47. The molecule has 0 aliphatic rings. The third-order valence-corrected chi connectivity index (χ3v) is 3.01. The molecule has 0 bridgehead atoms. The Morgan fingerprint density at radius 2 is 2.46 bits per heavy atom. The lowest BCUT2D eigenvalue weighted by molar-refractivity contribution is 0.300. The van der Waals surface area contributed by atoms with Gasteiger partial charge in [0.05, 0.1) is 6.61 Å². The van der Waals surface area contributed by atoms with Crippen molar-refractivity contribution < 1.29 is 5.11 Å². The zero-order valence-corrected chi connectivity index (χ0v) is 8.98. The fourth-order valence-corrected chi connectivity index (χ4v) is 1.78. The van der Waals surface area contributed by atoms with Crippen LogP contribution >= 0.6 is 23.4 Å². The number of hydrogen-bond acceptors (Lipinski definition) is 3. The Labute approximate surface area is 87.3 Å². The van der Waals surface area contributed by atoms with Gasteiger partial charge in [0.15, 0.2) is 0 Å². The molecular weight excluding hydrogens is 206 g/mol. The summed E-state index contributed by atoms with van der Waals surface area (Å²) >= 11 is 7.43. The van der Waals surface area contributed by atoms with E-state index in [1.54, 1.807) is 18.0 Å². The molecule has 4 heteroatoms. The third-order valence-electron chi connectivity index (χ3n) is 1.58. The van der Waals surface area contributed by atoms with Crippen LogP contribution in [-0.4, -0.2) is 21.9 Å². The van der Waals surface area contributed by atoms with Crippen molar-refractivity contribution in [2.24, 2.45) is 0 Å². The Morgan fingerprint density at radius 3 is 3.08 bits per heavy atom. The average Bonchev–Trinajstić information content (AvgIpc) is 2.14. The predicted octanol–water partition coefficient (Wildman–Crippen LogP) is 2.35. The minimum atomic E-state index is 0.212. The molecule has 0 spiro atoms. The van der Waals surface area contributed by atoms with Gasteiger partial charge in [-0.2, -0.15) is 11.8 Å².